The van der Waals surface area contributed by atoms with Crippen molar-refractivity contribution in [1.29, 1.82) is 0 Å². The van der Waals surface area contributed by atoms with E-state index in [0.29, 0.717) is 112 Å². The van der Waals surface area contributed by atoms with Crippen LogP contribution in [0.15, 0.2) is 89.6 Å². The molecule has 0 bridgehead atoms. The normalized spacial score (nSPS) is 17.2. The molecule has 24 nitrogen and oxygen atoms in total. The van der Waals surface area contributed by atoms with Crippen molar-refractivity contribution in [2.45, 2.75) is 162 Å². The van der Waals surface area contributed by atoms with Gasteiger partial charge in [-0.1, -0.05) is 88.8 Å². The van der Waals surface area contributed by atoms with E-state index in [4.69, 9.17) is 47.6 Å². The van der Waals surface area contributed by atoms with Crippen molar-refractivity contribution in [3.8, 4) is 23.0 Å². The van der Waals surface area contributed by atoms with Crippen molar-refractivity contribution in [3.63, 3.8) is 0 Å². The summed E-state index contributed by atoms with van der Waals surface area (Å²) in [6.45, 7) is 15.0. The van der Waals surface area contributed by atoms with Gasteiger partial charge in [0, 0.05) is 62.6 Å². The van der Waals surface area contributed by atoms with E-state index in [1.54, 1.807) is 80.4 Å². The lowest BCUT2D eigenvalue weighted by Gasteiger charge is -2.27. The lowest BCUT2D eigenvalue weighted by atomic mass is 9.93. The van der Waals surface area contributed by atoms with Crippen LogP contribution in [0.5, 0.6) is 23.0 Å². The molecule has 24 heteroatoms. The number of nitrogens with one attached hydrogen (secondary N) is 4. The maximum Gasteiger partial charge on any atom is 0.414 e. The topological polar surface area (TPSA) is 273 Å². The first-order chi connectivity index (χ1) is 47.5. The van der Waals surface area contributed by atoms with Crippen LogP contribution in [-0.4, -0.2) is 182 Å². The molecule has 4 aliphatic rings. The monoisotopic (exact) mass is 1360 g/mol. The zero-order valence-corrected chi connectivity index (χ0v) is 58.7. The second-order valence-corrected chi connectivity index (χ2v) is 25.1. The third-order valence-electron chi connectivity index (χ3n) is 17.5. The smallest absolute Gasteiger partial charge is 0.414 e. The summed E-state index contributed by atoms with van der Waals surface area (Å²) in [6.07, 6.45) is 23.8. The molecule has 3 aromatic carbocycles. The number of allylic oxidation sites excluding steroid dienone is 4. The Labute approximate surface area is 577 Å². The summed E-state index contributed by atoms with van der Waals surface area (Å²) >= 11 is 0. The molecule has 4 N–H and O–H groups in total. The summed E-state index contributed by atoms with van der Waals surface area (Å²) < 4.78 is 52.2. The average molecular weight is 1360 g/mol. The van der Waals surface area contributed by atoms with Crippen molar-refractivity contribution >= 4 is 64.8 Å². The van der Waals surface area contributed by atoms with E-state index >= 15 is 0 Å². The minimum Gasteiger partial charge on any atom is -0.493 e. The zero-order valence-electron chi connectivity index (χ0n) is 58.7. The number of rotatable bonds is 38. The molecule has 1 fully saturated rings. The lowest BCUT2D eigenvalue weighted by molar-refractivity contribution is -0.132. The number of benzene rings is 3. The van der Waals surface area contributed by atoms with Gasteiger partial charge in [0.2, 0.25) is 23.6 Å². The molecule has 0 radical (unpaired) electrons. The maximum atomic E-state index is 14.4. The van der Waals surface area contributed by atoms with Crippen LogP contribution in [0.1, 0.15) is 158 Å². The van der Waals surface area contributed by atoms with Crippen LogP contribution in [0.25, 0.3) is 0 Å². The summed E-state index contributed by atoms with van der Waals surface area (Å²) in [4.78, 5) is 104. The molecular formula is C74H104N8O16. The average Bonchev–Trinajstić information content (AvgIpc) is 1.61. The SMILES string of the molecule is C/C=C/CC[C@H]1C=Nc2cc(OCCCOc3cc4c(cc3OC)C(=O)N3C=C(/C=C/C)CC3CN4C(=O)OCc3ccc(NC(=O)[C@H](C)NC(=O)[C@@H](NC(=O)CCOCCOCCOCCOCCNC(=O)CC4CCCCCCCC4)C(C)C)cc3)c(OC)cc2C(=O)N1CC. The van der Waals surface area contributed by atoms with E-state index < -0.39 is 36.0 Å². The van der Waals surface area contributed by atoms with Gasteiger partial charge in [-0.3, -0.25) is 38.7 Å². The third kappa shape index (κ3) is 23.7. The predicted molar refractivity (Wildman–Crippen MR) is 375 cm³/mol. The van der Waals surface area contributed by atoms with Gasteiger partial charge in [0.15, 0.2) is 23.0 Å². The van der Waals surface area contributed by atoms with E-state index in [2.05, 4.69) is 27.3 Å². The summed E-state index contributed by atoms with van der Waals surface area (Å²) in [5, 5.41) is 11.3. The molecule has 3 heterocycles. The van der Waals surface area contributed by atoms with E-state index in [-0.39, 0.29) is 104 Å². The second kappa shape index (κ2) is 41.2. The Morgan fingerprint density at radius 2 is 1.33 bits per heavy atom. The van der Waals surface area contributed by atoms with Gasteiger partial charge in [-0.2, -0.15) is 0 Å². The second-order valence-electron chi connectivity index (χ2n) is 25.1. The van der Waals surface area contributed by atoms with Crippen molar-refractivity contribution < 1.29 is 76.2 Å². The number of ether oxygens (including phenoxy) is 9. The summed E-state index contributed by atoms with van der Waals surface area (Å²) in [6, 6.07) is 10.8. The fourth-order valence-corrected chi connectivity index (χ4v) is 12.1. The number of hydrogen-bond acceptors (Lipinski definition) is 17. The number of nitrogens with zero attached hydrogens (tertiary/aromatic N) is 4. The number of carbonyl (C=O) groups is 7. The largest absolute Gasteiger partial charge is 0.493 e. The zero-order chi connectivity index (χ0) is 70.2. The van der Waals surface area contributed by atoms with E-state index in [9.17, 15) is 33.6 Å². The summed E-state index contributed by atoms with van der Waals surface area (Å²) in [5.41, 5.74) is 3.37. The molecule has 3 aliphatic heterocycles. The molecule has 4 atom stereocenters. The fraction of sp³-hybridized carbons (Fsp3) is 0.568. The van der Waals surface area contributed by atoms with Gasteiger partial charge in [-0.25, -0.2) is 4.79 Å². The van der Waals surface area contributed by atoms with Gasteiger partial charge in [0.1, 0.15) is 18.7 Å². The number of fused-ring (bicyclic) bond motifs is 3. The standard InChI is InChI=1S/C74H104N8O16/c1-9-12-17-24-57-47-76-61-45-65(63(90-7)43-59(61)72(87)80(57)11-3)96-31-20-32-97-66-46-62-60(44-64(66)91-8)73(88)81-48-55(21-10-2)41-58(81)49-82(62)74(89)98-50-54-25-27-56(28-26-54)78-70(85)52(6)77-71(86)69(51(4)5)79-67(83)29-33-92-35-37-94-39-40-95-38-36-93-34-30-75-68(84)42-53-22-18-15-13-14-16-19-23-53/h9-10,12,21,25-28,43-48,51-53,57-58,69H,11,13-20,22-24,29-42,49-50H2,1-8H3,(H,75,84)(H,77,86)(H,78,85)(H,79,83)/b12-9+,21-10+/t52-,57-,58?,69-/m0/s1. The Kier molecular flexibility index (Phi) is 32.4. The Morgan fingerprint density at radius 1 is 0.694 bits per heavy atom. The van der Waals surface area contributed by atoms with Crippen molar-refractivity contribution in [3.05, 3.63) is 101 Å². The summed E-state index contributed by atoms with van der Waals surface area (Å²) in [7, 11) is 2.99. The number of aliphatic imine (C=N–C) groups is 1. The van der Waals surface area contributed by atoms with Gasteiger partial charge in [-0.15, -0.1) is 0 Å². The Morgan fingerprint density at radius 3 is 1.96 bits per heavy atom. The van der Waals surface area contributed by atoms with E-state index in [0.717, 1.165) is 31.3 Å². The highest BCUT2D eigenvalue weighted by atomic mass is 16.6. The van der Waals surface area contributed by atoms with Gasteiger partial charge < -0.3 is 73.7 Å². The number of hydrogen-bond donors (Lipinski definition) is 4. The van der Waals surface area contributed by atoms with Crippen LogP contribution < -0.4 is 45.1 Å². The van der Waals surface area contributed by atoms with Crippen molar-refractivity contribution in [1.82, 2.24) is 25.8 Å². The van der Waals surface area contributed by atoms with E-state index in [1.165, 1.54) is 57.6 Å². The Bertz CT molecular complexity index is 3210. The predicted octanol–water partition coefficient (Wildman–Crippen LogP) is 10.6. The van der Waals surface area contributed by atoms with Crippen LogP contribution in [0.2, 0.25) is 0 Å². The number of amides is 7. The molecule has 7 rings (SSSR count). The molecule has 0 spiro atoms. The minimum atomic E-state index is -0.975. The van der Waals surface area contributed by atoms with Gasteiger partial charge >= 0.3 is 6.09 Å². The molecule has 1 aliphatic carbocycles. The maximum absolute atomic E-state index is 14.4. The highest BCUT2D eigenvalue weighted by Crippen LogP contribution is 2.42. The fourth-order valence-electron chi connectivity index (χ4n) is 12.1. The lowest BCUT2D eigenvalue weighted by Crippen LogP contribution is -2.53. The molecule has 536 valence electrons. The van der Waals surface area contributed by atoms with Crippen LogP contribution in [-0.2, 0) is 49.5 Å². The number of methoxy groups -OCH3 is 2. The highest BCUT2D eigenvalue weighted by Gasteiger charge is 2.40. The first-order valence-corrected chi connectivity index (χ1v) is 34.9. The molecule has 0 aromatic heterocycles. The molecule has 3 aromatic rings. The molecular weight excluding hydrogens is 1260 g/mol. The molecule has 1 unspecified atom stereocenters. The van der Waals surface area contributed by atoms with Crippen LogP contribution in [0, 0.1) is 11.8 Å². The summed E-state index contributed by atoms with van der Waals surface area (Å²) in [5.74, 6) is -0.184. The first kappa shape index (κ1) is 77.0. The quantitative estimate of drug-likeness (QED) is 0.0307. The van der Waals surface area contributed by atoms with Crippen LogP contribution >= 0.6 is 0 Å². The molecule has 7 amide bonds. The molecule has 98 heavy (non-hydrogen) atoms. The Balaban J connectivity index is 0.823. The van der Waals surface area contributed by atoms with Crippen LogP contribution in [0.4, 0.5) is 21.9 Å². The van der Waals surface area contributed by atoms with Crippen LogP contribution in [0.3, 0.4) is 0 Å². The van der Waals surface area contributed by atoms with Crippen molar-refractivity contribution in [2.24, 2.45) is 16.8 Å². The van der Waals surface area contributed by atoms with E-state index in [1.807, 2.05) is 50.1 Å². The van der Waals surface area contributed by atoms with Gasteiger partial charge in [0.25, 0.3) is 11.8 Å². The Hall–Kier alpha value is -8.32. The van der Waals surface area contributed by atoms with Gasteiger partial charge in [0.05, 0.1) is 121 Å². The molecule has 0 saturated heterocycles. The highest BCUT2D eigenvalue weighted by molar-refractivity contribution is 6.07. The third-order valence-corrected chi connectivity index (χ3v) is 17.5. The minimum absolute atomic E-state index is 0.0119. The molecule has 1 saturated carbocycles. The van der Waals surface area contributed by atoms with Crippen molar-refractivity contribution in [2.75, 3.05) is 110 Å². The first-order valence-electron chi connectivity index (χ1n) is 34.9. The van der Waals surface area contributed by atoms with Gasteiger partial charge in [-0.05, 0) is 107 Å². The number of carbonyl (C=O) groups excluding carboxylic acids is 7. The number of anilines is 2.